The summed E-state index contributed by atoms with van der Waals surface area (Å²) in [5.41, 5.74) is 0.341. The lowest BCUT2D eigenvalue weighted by Gasteiger charge is -2.06. The van der Waals surface area contributed by atoms with E-state index in [1.54, 1.807) is 19.1 Å². The van der Waals surface area contributed by atoms with Crippen LogP contribution in [0.2, 0.25) is 5.15 Å². The highest BCUT2D eigenvalue weighted by Crippen LogP contribution is 2.13. The summed E-state index contributed by atoms with van der Waals surface area (Å²) in [6.45, 7) is 1.59. The third kappa shape index (κ3) is 2.62. The summed E-state index contributed by atoms with van der Waals surface area (Å²) in [6, 6.07) is 6.06. The van der Waals surface area contributed by atoms with E-state index in [-0.39, 0.29) is 16.7 Å². The Morgan fingerprint density at radius 3 is 2.89 bits per heavy atom. The van der Waals surface area contributed by atoms with E-state index in [9.17, 15) is 9.18 Å². The molecule has 0 spiro atoms. The van der Waals surface area contributed by atoms with Crippen molar-refractivity contribution in [2.45, 2.75) is 6.92 Å². The van der Waals surface area contributed by atoms with Crippen LogP contribution in [0, 0.1) is 12.7 Å². The van der Waals surface area contributed by atoms with Crippen LogP contribution in [0.15, 0.2) is 30.5 Å². The highest BCUT2D eigenvalue weighted by Gasteiger charge is 2.14. The van der Waals surface area contributed by atoms with Crippen molar-refractivity contribution in [3.63, 3.8) is 0 Å². The zero-order valence-corrected chi connectivity index (χ0v) is 10.2. The molecule has 0 bridgehead atoms. The van der Waals surface area contributed by atoms with E-state index in [0.29, 0.717) is 5.56 Å². The third-order valence-corrected chi connectivity index (χ3v) is 2.49. The molecule has 1 amide bonds. The van der Waals surface area contributed by atoms with E-state index < -0.39 is 11.7 Å². The van der Waals surface area contributed by atoms with E-state index in [4.69, 9.17) is 11.6 Å². The van der Waals surface area contributed by atoms with Crippen molar-refractivity contribution in [1.82, 2.24) is 9.97 Å². The van der Waals surface area contributed by atoms with Gasteiger partial charge in [-0.05, 0) is 24.6 Å². The minimum atomic E-state index is -0.613. The molecular weight excluding hydrogens is 257 g/mol. The molecular formula is C12H9ClFN3O. The van der Waals surface area contributed by atoms with Crippen LogP contribution in [0.4, 0.5) is 10.3 Å². The first kappa shape index (κ1) is 12.4. The highest BCUT2D eigenvalue weighted by molar-refractivity contribution is 6.29. The topological polar surface area (TPSA) is 54.9 Å². The number of carbonyl (C=O) groups excluding carboxylic acids is 1. The fourth-order valence-corrected chi connectivity index (χ4v) is 1.52. The van der Waals surface area contributed by atoms with Crippen molar-refractivity contribution >= 4 is 23.5 Å². The molecule has 0 radical (unpaired) electrons. The standard InChI is InChI=1S/C12H9ClFN3O/c1-7-3-2-4-8(10(7)14)11(18)17-12-15-6-5-9(13)16-12/h2-6H,1H3,(H,15,16,17,18). The van der Waals surface area contributed by atoms with Crippen molar-refractivity contribution in [1.29, 1.82) is 0 Å². The molecule has 0 aliphatic carbocycles. The predicted molar refractivity (Wildman–Crippen MR) is 66.1 cm³/mol. The molecule has 0 unspecified atom stereocenters. The summed E-state index contributed by atoms with van der Waals surface area (Å²) in [6.07, 6.45) is 1.40. The van der Waals surface area contributed by atoms with Crippen LogP contribution in [0.3, 0.4) is 0 Å². The van der Waals surface area contributed by atoms with Crippen LogP contribution in [-0.4, -0.2) is 15.9 Å². The molecule has 2 aromatic rings. The molecule has 92 valence electrons. The summed E-state index contributed by atoms with van der Waals surface area (Å²) in [7, 11) is 0. The molecule has 1 aromatic heterocycles. The van der Waals surface area contributed by atoms with Gasteiger partial charge in [0.1, 0.15) is 11.0 Å². The average Bonchev–Trinajstić information content (AvgIpc) is 2.32. The lowest BCUT2D eigenvalue weighted by atomic mass is 10.1. The van der Waals surface area contributed by atoms with Crippen LogP contribution in [0.5, 0.6) is 0 Å². The second-order valence-corrected chi connectivity index (χ2v) is 3.98. The Hall–Kier alpha value is -2.01. The van der Waals surface area contributed by atoms with Gasteiger partial charge in [0.05, 0.1) is 5.56 Å². The number of hydrogen-bond donors (Lipinski definition) is 1. The quantitative estimate of drug-likeness (QED) is 0.850. The highest BCUT2D eigenvalue weighted by atomic mass is 35.5. The fourth-order valence-electron chi connectivity index (χ4n) is 1.39. The van der Waals surface area contributed by atoms with Gasteiger partial charge < -0.3 is 0 Å². The molecule has 0 saturated carbocycles. The number of nitrogens with zero attached hydrogens (tertiary/aromatic N) is 2. The number of aryl methyl sites for hydroxylation is 1. The Bertz CT molecular complexity index is 604. The predicted octanol–water partition coefficient (Wildman–Crippen LogP) is 2.83. The van der Waals surface area contributed by atoms with Crippen LogP contribution in [0.25, 0.3) is 0 Å². The third-order valence-electron chi connectivity index (χ3n) is 2.28. The SMILES string of the molecule is Cc1cccc(C(=O)Nc2nccc(Cl)n2)c1F. The molecule has 0 saturated heterocycles. The first-order valence-electron chi connectivity index (χ1n) is 5.13. The minimum Gasteiger partial charge on any atom is -0.290 e. The number of halogens is 2. The molecule has 0 aliphatic rings. The Kier molecular flexibility index (Phi) is 3.53. The Morgan fingerprint density at radius 2 is 2.17 bits per heavy atom. The van der Waals surface area contributed by atoms with Gasteiger partial charge in [0.2, 0.25) is 5.95 Å². The van der Waals surface area contributed by atoms with Crippen molar-refractivity contribution in [3.05, 3.63) is 52.6 Å². The Labute approximate surface area is 108 Å². The van der Waals surface area contributed by atoms with Gasteiger partial charge in [-0.1, -0.05) is 23.7 Å². The first-order valence-corrected chi connectivity index (χ1v) is 5.51. The summed E-state index contributed by atoms with van der Waals surface area (Å²) < 4.78 is 13.7. The summed E-state index contributed by atoms with van der Waals surface area (Å²) in [5.74, 6) is -1.14. The summed E-state index contributed by atoms with van der Waals surface area (Å²) in [4.78, 5) is 19.4. The fraction of sp³-hybridized carbons (Fsp3) is 0.0833. The van der Waals surface area contributed by atoms with Crippen LogP contribution in [0.1, 0.15) is 15.9 Å². The van der Waals surface area contributed by atoms with Crippen molar-refractivity contribution in [2.24, 2.45) is 0 Å². The zero-order chi connectivity index (χ0) is 13.1. The largest absolute Gasteiger partial charge is 0.290 e. The van der Waals surface area contributed by atoms with E-state index >= 15 is 0 Å². The van der Waals surface area contributed by atoms with E-state index in [1.807, 2.05) is 0 Å². The van der Waals surface area contributed by atoms with Crippen molar-refractivity contribution in [3.8, 4) is 0 Å². The van der Waals surface area contributed by atoms with E-state index in [1.165, 1.54) is 18.3 Å². The van der Waals surface area contributed by atoms with Crippen molar-refractivity contribution < 1.29 is 9.18 Å². The minimum absolute atomic E-state index is 0.0356. The summed E-state index contributed by atoms with van der Waals surface area (Å²) >= 11 is 5.65. The summed E-state index contributed by atoms with van der Waals surface area (Å²) in [5, 5.41) is 2.58. The van der Waals surface area contributed by atoms with Gasteiger partial charge in [-0.15, -0.1) is 0 Å². The van der Waals surface area contributed by atoms with Gasteiger partial charge in [0.25, 0.3) is 5.91 Å². The number of hydrogen-bond acceptors (Lipinski definition) is 3. The van der Waals surface area contributed by atoms with Gasteiger partial charge in [0, 0.05) is 6.20 Å². The molecule has 18 heavy (non-hydrogen) atoms. The maximum absolute atomic E-state index is 13.7. The van der Waals surface area contributed by atoms with Crippen molar-refractivity contribution in [2.75, 3.05) is 5.32 Å². The average molecular weight is 266 g/mol. The van der Waals surface area contributed by atoms with E-state index in [2.05, 4.69) is 15.3 Å². The molecule has 1 N–H and O–H groups in total. The molecule has 4 nitrogen and oxygen atoms in total. The maximum Gasteiger partial charge on any atom is 0.261 e. The van der Waals surface area contributed by atoms with Gasteiger partial charge in [-0.3, -0.25) is 10.1 Å². The molecule has 1 heterocycles. The maximum atomic E-state index is 13.7. The lowest BCUT2D eigenvalue weighted by molar-refractivity contribution is 0.102. The smallest absolute Gasteiger partial charge is 0.261 e. The van der Waals surface area contributed by atoms with Gasteiger partial charge >= 0.3 is 0 Å². The lowest BCUT2D eigenvalue weighted by Crippen LogP contribution is -2.16. The number of anilines is 1. The van der Waals surface area contributed by atoms with Gasteiger partial charge in [-0.25, -0.2) is 14.4 Å². The molecule has 0 atom stereocenters. The number of benzene rings is 1. The normalized spacial score (nSPS) is 10.2. The number of rotatable bonds is 2. The number of aromatic nitrogens is 2. The molecule has 0 aliphatic heterocycles. The van der Waals surface area contributed by atoms with Gasteiger partial charge in [0.15, 0.2) is 0 Å². The first-order chi connectivity index (χ1) is 8.58. The number of amides is 1. The zero-order valence-electron chi connectivity index (χ0n) is 9.45. The van der Waals surface area contributed by atoms with Gasteiger partial charge in [-0.2, -0.15) is 0 Å². The molecule has 0 fully saturated rings. The van der Waals surface area contributed by atoms with Crippen LogP contribution >= 0.6 is 11.6 Å². The Morgan fingerprint density at radius 1 is 1.39 bits per heavy atom. The Balaban J connectivity index is 2.25. The second-order valence-electron chi connectivity index (χ2n) is 3.59. The second kappa shape index (κ2) is 5.10. The molecule has 6 heteroatoms. The van der Waals surface area contributed by atoms with Crippen LogP contribution in [-0.2, 0) is 0 Å². The molecule has 2 rings (SSSR count). The van der Waals surface area contributed by atoms with E-state index in [0.717, 1.165) is 0 Å². The monoisotopic (exact) mass is 265 g/mol. The number of carbonyl (C=O) groups is 1. The van der Waals surface area contributed by atoms with Crippen LogP contribution < -0.4 is 5.32 Å². The number of nitrogens with one attached hydrogen (secondary N) is 1. The molecule has 1 aromatic carbocycles.